The van der Waals surface area contributed by atoms with E-state index in [1.807, 2.05) is 24.3 Å². The van der Waals surface area contributed by atoms with Crippen molar-refractivity contribution in [2.75, 3.05) is 7.11 Å². The molecule has 4 N–H and O–H groups in total. The van der Waals surface area contributed by atoms with Gasteiger partial charge < -0.3 is 25.2 Å². The summed E-state index contributed by atoms with van der Waals surface area (Å²) in [7, 11) is 1.56. The van der Waals surface area contributed by atoms with Crippen LogP contribution in [-0.4, -0.2) is 51.1 Å². The Kier molecular flexibility index (Phi) is 10.5. The van der Waals surface area contributed by atoms with E-state index in [-0.39, 0.29) is 29.4 Å². The first-order valence-electron chi connectivity index (χ1n) is 10.7. The second-order valence-electron chi connectivity index (χ2n) is 8.11. The normalized spacial score (nSPS) is 24.9. The summed E-state index contributed by atoms with van der Waals surface area (Å²) in [6, 6.07) is 5.17. The third-order valence-corrected chi connectivity index (χ3v) is 6.15. The van der Waals surface area contributed by atoms with E-state index < -0.39 is 18.2 Å². The molecule has 6 nitrogen and oxygen atoms in total. The number of carboxylic acids is 1. The number of rotatable bonds is 12. The number of aliphatic hydroxyl groups excluding tert-OH is 2. The van der Waals surface area contributed by atoms with Crippen LogP contribution in [0.3, 0.4) is 0 Å². The number of halogens is 1. The molecule has 1 saturated carbocycles. The first-order chi connectivity index (χ1) is 14.8. The van der Waals surface area contributed by atoms with Crippen molar-refractivity contribution in [3.05, 3.63) is 53.6 Å². The molecule has 0 aliphatic heterocycles. The number of aromatic hydroxyl groups is 1. The van der Waals surface area contributed by atoms with E-state index in [0.29, 0.717) is 44.3 Å². The summed E-state index contributed by atoms with van der Waals surface area (Å²) in [5.74, 6) is -0.724. The van der Waals surface area contributed by atoms with Crippen molar-refractivity contribution in [2.45, 2.75) is 62.7 Å². The third kappa shape index (κ3) is 8.30. The molecule has 1 unspecified atom stereocenters. The molecule has 0 amide bonds. The number of hydrogen-bond acceptors (Lipinski definition) is 5. The van der Waals surface area contributed by atoms with E-state index in [0.717, 1.165) is 5.56 Å². The number of hydrogen-bond donors (Lipinski definition) is 4. The molecule has 0 aromatic heterocycles. The number of aliphatic carboxylic acids is 1. The van der Waals surface area contributed by atoms with Gasteiger partial charge in [0.25, 0.3) is 0 Å². The van der Waals surface area contributed by atoms with Crippen LogP contribution in [0, 0.1) is 11.8 Å². The highest BCUT2D eigenvalue weighted by Crippen LogP contribution is 2.39. The van der Waals surface area contributed by atoms with Crippen LogP contribution in [0.15, 0.2) is 42.5 Å². The fourth-order valence-corrected chi connectivity index (χ4v) is 4.46. The average Bonchev–Trinajstić information content (AvgIpc) is 2.98. The van der Waals surface area contributed by atoms with Crippen LogP contribution in [0.4, 0.5) is 0 Å². The van der Waals surface area contributed by atoms with E-state index >= 15 is 0 Å². The standard InChI is InChI=1S/C24H33ClO6/c1-31-15-17-12-16(8-11-22(17)27)13-18(26)9-10-20-19(21(25)14-23(20)28)6-4-2-3-5-7-24(29)30/h2,4,8-12,18-21,23,26-28H,3,5-7,13-15H2,1H3,(H,29,30)/b4-2-,10-9+/t18?,19-,20-,21-,23-/m1/s1. The highest BCUT2D eigenvalue weighted by molar-refractivity contribution is 6.21. The predicted octanol–water partition coefficient (Wildman–Crippen LogP) is 3.80. The zero-order valence-electron chi connectivity index (χ0n) is 17.9. The van der Waals surface area contributed by atoms with Gasteiger partial charge in [0.1, 0.15) is 5.75 Å². The van der Waals surface area contributed by atoms with Crippen LogP contribution in [0.2, 0.25) is 0 Å². The summed E-state index contributed by atoms with van der Waals surface area (Å²) in [4.78, 5) is 10.6. The molecule has 31 heavy (non-hydrogen) atoms. The van der Waals surface area contributed by atoms with Gasteiger partial charge >= 0.3 is 5.97 Å². The smallest absolute Gasteiger partial charge is 0.303 e. The molecule has 0 radical (unpaired) electrons. The van der Waals surface area contributed by atoms with Crippen LogP contribution >= 0.6 is 11.6 Å². The lowest BCUT2D eigenvalue weighted by molar-refractivity contribution is -0.137. The lowest BCUT2D eigenvalue weighted by atomic mass is 9.90. The highest BCUT2D eigenvalue weighted by Gasteiger charge is 2.39. The van der Waals surface area contributed by atoms with Crippen molar-refractivity contribution < 1.29 is 30.0 Å². The SMILES string of the molecule is COCc1cc(CC(O)/C=C/[C@@H]2[C@@H](C/C=C\CCCC(=O)O)[C@H](Cl)C[C@H]2O)ccc1O. The van der Waals surface area contributed by atoms with E-state index in [2.05, 4.69) is 0 Å². The number of phenols is 1. The molecule has 1 aliphatic carbocycles. The molecular weight excluding hydrogens is 420 g/mol. The monoisotopic (exact) mass is 452 g/mol. The van der Waals surface area contributed by atoms with Gasteiger partial charge in [-0.2, -0.15) is 0 Å². The van der Waals surface area contributed by atoms with Gasteiger partial charge in [0.2, 0.25) is 0 Å². The molecule has 172 valence electrons. The fraction of sp³-hybridized carbons (Fsp3) is 0.542. The summed E-state index contributed by atoms with van der Waals surface area (Å²) < 4.78 is 5.07. The Hall–Kier alpha value is -1.86. The number of benzene rings is 1. The van der Waals surface area contributed by atoms with Crippen LogP contribution in [0.25, 0.3) is 0 Å². The second-order valence-corrected chi connectivity index (χ2v) is 8.67. The molecule has 0 saturated heterocycles. The van der Waals surface area contributed by atoms with E-state index in [1.165, 1.54) is 0 Å². The molecule has 0 bridgehead atoms. The number of methoxy groups -OCH3 is 1. The lowest BCUT2D eigenvalue weighted by Crippen LogP contribution is -2.19. The zero-order chi connectivity index (χ0) is 22.8. The van der Waals surface area contributed by atoms with Crippen molar-refractivity contribution in [3.8, 4) is 5.75 Å². The van der Waals surface area contributed by atoms with Crippen molar-refractivity contribution in [2.24, 2.45) is 11.8 Å². The lowest BCUT2D eigenvalue weighted by Gasteiger charge is -2.19. The topological polar surface area (TPSA) is 107 Å². The number of unbranched alkanes of at least 4 members (excludes halogenated alkanes) is 1. The fourth-order valence-electron chi connectivity index (χ4n) is 4.01. The summed E-state index contributed by atoms with van der Waals surface area (Å²) in [5.41, 5.74) is 1.55. The minimum Gasteiger partial charge on any atom is -0.508 e. The van der Waals surface area contributed by atoms with Gasteiger partial charge in [0.15, 0.2) is 0 Å². The van der Waals surface area contributed by atoms with Gasteiger partial charge in [0.05, 0.1) is 18.8 Å². The Bertz CT molecular complexity index is 762. The third-order valence-electron chi connectivity index (χ3n) is 5.65. The largest absolute Gasteiger partial charge is 0.508 e. The van der Waals surface area contributed by atoms with Crippen LogP contribution < -0.4 is 0 Å². The first-order valence-corrected chi connectivity index (χ1v) is 11.1. The Morgan fingerprint density at radius 1 is 1.35 bits per heavy atom. The number of alkyl halides is 1. The Balaban J connectivity index is 1.92. The van der Waals surface area contributed by atoms with Crippen LogP contribution in [0.1, 0.15) is 43.2 Å². The maximum Gasteiger partial charge on any atom is 0.303 e. The number of carbonyl (C=O) groups is 1. The molecule has 5 atom stereocenters. The quantitative estimate of drug-likeness (QED) is 0.218. The molecule has 1 aliphatic rings. The van der Waals surface area contributed by atoms with Crippen LogP contribution in [-0.2, 0) is 22.6 Å². The molecule has 0 spiro atoms. The van der Waals surface area contributed by atoms with Gasteiger partial charge in [-0.05, 0) is 49.3 Å². The van der Waals surface area contributed by atoms with Gasteiger partial charge in [0, 0.05) is 36.8 Å². The molecular formula is C24H33ClO6. The van der Waals surface area contributed by atoms with Gasteiger partial charge in [-0.3, -0.25) is 4.79 Å². The summed E-state index contributed by atoms with van der Waals surface area (Å²) in [6.45, 7) is 0.294. The van der Waals surface area contributed by atoms with Gasteiger partial charge in [-0.15, -0.1) is 11.6 Å². The first kappa shape index (κ1) is 25.4. The molecule has 1 aromatic carbocycles. The van der Waals surface area contributed by atoms with E-state index in [9.17, 15) is 20.1 Å². The highest BCUT2D eigenvalue weighted by atomic mass is 35.5. The second kappa shape index (κ2) is 12.9. The van der Waals surface area contributed by atoms with Crippen molar-refractivity contribution in [1.82, 2.24) is 0 Å². The number of ether oxygens (including phenoxy) is 1. The maximum absolute atomic E-state index is 10.6. The van der Waals surface area contributed by atoms with Crippen molar-refractivity contribution >= 4 is 17.6 Å². The molecule has 2 rings (SSSR count). The summed E-state index contributed by atoms with van der Waals surface area (Å²) in [5, 5.41) is 39.2. The molecule has 1 fully saturated rings. The number of carboxylic acid groups (broad SMARTS) is 1. The maximum atomic E-state index is 10.6. The minimum absolute atomic E-state index is 0.0535. The average molecular weight is 453 g/mol. The van der Waals surface area contributed by atoms with Crippen molar-refractivity contribution in [1.29, 1.82) is 0 Å². The molecule has 1 aromatic rings. The van der Waals surface area contributed by atoms with Crippen molar-refractivity contribution in [3.63, 3.8) is 0 Å². The zero-order valence-corrected chi connectivity index (χ0v) is 18.6. The number of allylic oxidation sites excluding steroid dienone is 2. The number of phenolic OH excluding ortho intramolecular Hbond substituents is 1. The van der Waals surface area contributed by atoms with E-state index in [4.69, 9.17) is 21.4 Å². The Morgan fingerprint density at radius 3 is 2.84 bits per heavy atom. The van der Waals surface area contributed by atoms with Gasteiger partial charge in [-0.25, -0.2) is 0 Å². The van der Waals surface area contributed by atoms with Crippen LogP contribution in [0.5, 0.6) is 5.75 Å². The summed E-state index contributed by atoms with van der Waals surface area (Å²) >= 11 is 6.45. The van der Waals surface area contributed by atoms with E-state index in [1.54, 1.807) is 25.3 Å². The summed E-state index contributed by atoms with van der Waals surface area (Å²) in [6.07, 6.45) is 9.29. The minimum atomic E-state index is -0.792. The molecule has 0 heterocycles. The Labute approximate surface area is 188 Å². The van der Waals surface area contributed by atoms with Gasteiger partial charge in [-0.1, -0.05) is 30.4 Å². The Morgan fingerprint density at radius 2 is 2.13 bits per heavy atom. The molecule has 7 heteroatoms. The predicted molar refractivity (Wildman–Crippen MR) is 120 cm³/mol. The number of aliphatic hydroxyl groups is 2.